The molecule has 2 aliphatic heterocycles. The van der Waals surface area contributed by atoms with Gasteiger partial charge in [-0.3, -0.25) is 14.5 Å². The highest BCUT2D eigenvalue weighted by Gasteiger charge is 2.34. The molecule has 0 N–H and O–H groups in total. The molecule has 0 spiro atoms. The molecule has 1 saturated heterocycles. The predicted molar refractivity (Wildman–Crippen MR) is 74.6 cm³/mol. The Morgan fingerprint density at radius 2 is 1.65 bits per heavy atom. The Bertz CT molecular complexity index is 485. The van der Waals surface area contributed by atoms with Gasteiger partial charge < -0.3 is 4.74 Å². The largest absolute Gasteiger partial charge is 0.381 e. The minimum Gasteiger partial charge on any atom is -0.381 e. The van der Waals surface area contributed by atoms with Gasteiger partial charge in [-0.25, -0.2) is 0 Å². The van der Waals surface area contributed by atoms with Crippen LogP contribution in [0.4, 0.5) is 0 Å². The number of amides is 2. The SMILES string of the molecule is O=C1c2ccccc2C(=O)N1CCCC1CCOCC1. The van der Waals surface area contributed by atoms with E-state index in [0.29, 0.717) is 23.6 Å². The second-order valence-corrected chi connectivity index (χ2v) is 5.51. The highest BCUT2D eigenvalue weighted by molar-refractivity contribution is 6.21. The van der Waals surface area contributed by atoms with Gasteiger partial charge >= 0.3 is 0 Å². The quantitative estimate of drug-likeness (QED) is 0.792. The van der Waals surface area contributed by atoms with E-state index in [1.54, 1.807) is 24.3 Å². The van der Waals surface area contributed by atoms with Gasteiger partial charge in [0.1, 0.15) is 0 Å². The van der Waals surface area contributed by atoms with Gasteiger partial charge in [0.2, 0.25) is 0 Å². The summed E-state index contributed by atoms with van der Waals surface area (Å²) in [6, 6.07) is 7.06. The number of ether oxygens (including phenoxy) is 1. The summed E-state index contributed by atoms with van der Waals surface area (Å²) >= 11 is 0. The Hall–Kier alpha value is -1.68. The van der Waals surface area contributed by atoms with Gasteiger partial charge in [-0.1, -0.05) is 12.1 Å². The highest BCUT2D eigenvalue weighted by Crippen LogP contribution is 2.24. The molecule has 1 aromatic carbocycles. The van der Waals surface area contributed by atoms with E-state index in [1.165, 1.54) is 4.90 Å². The third-order valence-corrected chi connectivity index (χ3v) is 4.21. The second-order valence-electron chi connectivity index (χ2n) is 5.51. The van der Waals surface area contributed by atoms with Crippen molar-refractivity contribution in [2.45, 2.75) is 25.7 Å². The minimum atomic E-state index is -0.141. The average Bonchev–Trinajstić information content (AvgIpc) is 2.74. The van der Waals surface area contributed by atoms with Gasteiger partial charge in [0.05, 0.1) is 11.1 Å². The number of carbonyl (C=O) groups excluding carboxylic acids is 2. The van der Waals surface area contributed by atoms with E-state index in [1.807, 2.05) is 0 Å². The summed E-state index contributed by atoms with van der Waals surface area (Å²) in [5, 5.41) is 0. The fourth-order valence-electron chi connectivity index (χ4n) is 3.02. The Morgan fingerprint density at radius 1 is 1.05 bits per heavy atom. The number of rotatable bonds is 4. The lowest BCUT2D eigenvalue weighted by Gasteiger charge is -2.22. The Morgan fingerprint density at radius 3 is 2.25 bits per heavy atom. The van der Waals surface area contributed by atoms with Gasteiger partial charge in [0, 0.05) is 19.8 Å². The maximum absolute atomic E-state index is 12.2. The number of fused-ring (bicyclic) bond motifs is 1. The first-order chi connectivity index (χ1) is 9.77. The molecule has 0 unspecified atom stereocenters. The summed E-state index contributed by atoms with van der Waals surface area (Å²) in [5.74, 6) is 0.397. The molecule has 1 aromatic rings. The molecular formula is C16H19NO3. The number of benzene rings is 1. The van der Waals surface area contributed by atoms with Crippen molar-refractivity contribution in [3.63, 3.8) is 0 Å². The van der Waals surface area contributed by atoms with Crippen molar-refractivity contribution in [1.82, 2.24) is 4.90 Å². The summed E-state index contributed by atoms with van der Waals surface area (Å²) in [6.45, 7) is 2.22. The molecule has 0 saturated carbocycles. The van der Waals surface area contributed by atoms with Crippen molar-refractivity contribution in [2.24, 2.45) is 5.92 Å². The molecule has 0 radical (unpaired) electrons. The predicted octanol–water partition coefficient (Wildman–Crippen LogP) is 2.49. The van der Waals surface area contributed by atoms with Gasteiger partial charge in [0.15, 0.2) is 0 Å². The topological polar surface area (TPSA) is 46.6 Å². The Kier molecular flexibility index (Phi) is 3.83. The molecule has 2 heterocycles. The van der Waals surface area contributed by atoms with Crippen LogP contribution in [0.25, 0.3) is 0 Å². The Labute approximate surface area is 118 Å². The molecule has 0 atom stereocenters. The van der Waals surface area contributed by atoms with E-state index < -0.39 is 0 Å². The minimum absolute atomic E-state index is 0.141. The first kappa shape index (κ1) is 13.3. The fourth-order valence-corrected chi connectivity index (χ4v) is 3.02. The van der Waals surface area contributed by atoms with Crippen LogP contribution in [0.1, 0.15) is 46.4 Å². The zero-order valence-corrected chi connectivity index (χ0v) is 11.5. The normalized spacial score (nSPS) is 19.5. The van der Waals surface area contributed by atoms with Crippen molar-refractivity contribution in [3.8, 4) is 0 Å². The van der Waals surface area contributed by atoms with E-state index in [2.05, 4.69) is 0 Å². The van der Waals surface area contributed by atoms with Crippen LogP contribution in [-0.2, 0) is 4.74 Å². The zero-order chi connectivity index (χ0) is 13.9. The highest BCUT2D eigenvalue weighted by atomic mass is 16.5. The smallest absolute Gasteiger partial charge is 0.261 e. The van der Waals surface area contributed by atoms with Crippen LogP contribution in [0.2, 0.25) is 0 Å². The van der Waals surface area contributed by atoms with Gasteiger partial charge in [-0.05, 0) is 43.7 Å². The van der Waals surface area contributed by atoms with Crippen LogP contribution in [-0.4, -0.2) is 36.5 Å². The lowest BCUT2D eigenvalue weighted by molar-refractivity contribution is 0.0579. The molecule has 0 aliphatic carbocycles. The number of hydrogen-bond donors (Lipinski definition) is 0. The molecule has 2 amide bonds. The standard InChI is InChI=1S/C16H19NO3/c18-15-13-5-1-2-6-14(13)16(19)17(15)9-3-4-12-7-10-20-11-8-12/h1-2,5-6,12H,3-4,7-11H2. The molecule has 4 nitrogen and oxygen atoms in total. The summed E-state index contributed by atoms with van der Waals surface area (Å²) < 4.78 is 5.34. The molecule has 106 valence electrons. The summed E-state index contributed by atoms with van der Waals surface area (Å²) in [5.41, 5.74) is 1.09. The molecule has 4 heteroatoms. The van der Waals surface area contributed by atoms with Crippen LogP contribution in [0.3, 0.4) is 0 Å². The third-order valence-electron chi connectivity index (χ3n) is 4.21. The van der Waals surface area contributed by atoms with E-state index in [9.17, 15) is 9.59 Å². The van der Waals surface area contributed by atoms with Crippen molar-refractivity contribution >= 4 is 11.8 Å². The van der Waals surface area contributed by atoms with Gasteiger partial charge in [-0.2, -0.15) is 0 Å². The first-order valence-electron chi connectivity index (χ1n) is 7.30. The van der Waals surface area contributed by atoms with Crippen molar-refractivity contribution in [3.05, 3.63) is 35.4 Å². The molecule has 0 aromatic heterocycles. The van der Waals surface area contributed by atoms with E-state index in [0.717, 1.165) is 38.9 Å². The molecule has 3 rings (SSSR count). The molecule has 0 bridgehead atoms. The van der Waals surface area contributed by atoms with Crippen LogP contribution >= 0.6 is 0 Å². The first-order valence-corrected chi connectivity index (χ1v) is 7.30. The number of nitrogens with zero attached hydrogens (tertiary/aromatic N) is 1. The fraction of sp³-hybridized carbons (Fsp3) is 0.500. The molecular weight excluding hydrogens is 254 g/mol. The van der Waals surface area contributed by atoms with Crippen LogP contribution < -0.4 is 0 Å². The van der Waals surface area contributed by atoms with Gasteiger partial charge in [0.25, 0.3) is 11.8 Å². The second kappa shape index (κ2) is 5.75. The number of hydrogen-bond acceptors (Lipinski definition) is 3. The maximum atomic E-state index is 12.2. The molecule has 2 aliphatic rings. The van der Waals surface area contributed by atoms with E-state index >= 15 is 0 Å². The molecule has 1 fully saturated rings. The van der Waals surface area contributed by atoms with Crippen LogP contribution in [0.15, 0.2) is 24.3 Å². The van der Waals surface area contributed by atoms with Gasteiger partial charge in [-0.15, -0.1) is 0 Å². The lowest BCUT2D eigenvalue weighted by atomic mass is 9.95. The Balaban J connectivity index is 1.56. The number of carbonyl (C=O) groups is 2. The van der Waals surface area contributed by atoms with E-state index in [4.69, 9.17) is 4.74 Å². The summed E-state index contributed by atoms with van der Waals surface area (Å²) in [4.78, 5) is 25.7. The third kappa shape index (κ3) is 2.48. The van der Waals surface area contributed by atoms with Crippen molar-refractivity contribution in [2.75, 3.05) is 19.8 Å². The van der Waals surface area contributed by atoms with Crippen molar-refractivity contribution < 1.29 is 14.3 Å². The van der Waals surface area contributed by atoms with Crippen molar-refractivity contribution in [1.29, 1.82) is 0 Å². The van der Waals surface area contributed by atoms with E-state index in [-0.39, 0.29) is 11.8 Å². The zero-order valence-electron chi connectivity index (χ0n) is 11.5. The van der Waals surface area contributed by atoms with Crippen LogP contribution in [0, 0.1) is 5.92 Å². The average molecular weight is 273 g/mol. The van der Waals surface area contributed by atoms with Crippen LogP contribution in [0.5, 0.6) is 0 Å². The maximum Gasteiger partial charge on any atom is 0.261 e. The lowest BCUT2D eigenvalue weighted by Crippen LogP contribution is -2.31. The molecule has 20 heavy (non-hydrogen) atoms. The summed E-state index contributed by atoms with van der Waals surface area (Å²) in [7, 11) is 0. The number of imide groups is 1. The monoisotopic (exact) mass is 273 g/mol. The summed E-state index contributed by atoms with van der Waals surface area (Å²) in [6.07, 6.45) is 4.15.